The highest BCUT2D eigenvalue weighted by molar-refractivity contribution is 6.08. The summed E-state index contributed by atoms with van der Waals surface area (Å²) < 4.78 is 43.7. The van der Waals surface area contributed by atoms with Crippen LogP contribution >= 0.6 is 0 Å². The number of hydrogen-bond donors (Lipinski definition) is 1. The number of rotatable bonds is 4. The molecular formula is C16H11F3N6O3. The largest absolute Gasteiger partial charge is 0.433 e. The normalized spacial score (nSPS) is 11.3. The lowest BCUT2D eigenvalue weighted by Gasteiger charge is -2.06. The zero-order valence-electron chi connectivity index (χ0n) is 14.1. The van der Waals surface area contributed by atoms with Gasteiger partial charge in [0.05, 0.1) is 5.69 Å². The molecule has 0 saturated heterocycles. The minimum Gasteiger partial charge on any atom is -0.389 e. The van der Waals surface area contributed by atoms with Crippen LogP contribution in [-0.2, 0) is 13.2 Å². The number of hydrogen-bond acceptors (Lipinski definition) is 7. The number of pyridine rings is 2. The van der Waals surface area contributed by atoms with Crippen molar-refractivity contribution in [2.45, 2.75) is 6.18 Å². The fourth-order valence-corrected chi connectivity index (χ4v) is 2.25. The predicted octanol–water partition coefficient (Wildman–Crippen LogP) is 1.98. The van der Waals surface area contributed by atoms with Crippen LogP contribution in [0.2, 0.25) is 0 Å². The molecule has 0 fully saturated rings. The smallest absolute Gasteiger partial charge is 0.389 e. The van der Waals surface area contributed by atoms with Gasteiger partial charge in [0.25, 0.3) is 5.88 Å². The van der Waals surface area contributed by atoms with Gasteiger partial charge in [-0.3, -0.25) is 14.8 Å². The van der Waals surface area contributed by atoms with Gasteiger partial charge >= 0.3 is 12.3 Å². The van der Waals surface area contributed by atoms with E-state index in [9.17, 15) is 22.8 Å². The van der Waals surface area contributed by atoms with Crippen molar-refractivity contribution >= 4 is 11.9 Å². The Kier molecular flexibility index (Phi) is 4.78. The molecule has 3 rings (SSSR count). The Morgan fingerprint density at radius 3 is 2.21 bits per heavy atom. The van der Waals surface area contributed by atoms with Crippen molar-refractivity contribution in [3.63, 3.8) is 0 Å². The standard InChI is InChI=1S/C16H11F3N6O3/c1-25-14(28-15(20)27)12(23-24-25)10-4-2-8(6-21-10)13(26)9-3-5-11(22-7-9)16(17,18)19/h2-7H,1H3,(H2,20,27). The van der Waals surface area contributed by atoms with E-state index in [1.165, 1.54) is 30.1 Å². The van der Waals surface area contributed by atoms with Gasteiger partial charge in [-0.2, -0.15) is 13.2 Å². The van der Waals surface area contributed by atoms with Crippen LogP contribution < -0.4 is 10.5 Å². The van der Waals surface area contributed by atoms with Crippen molar-refractivity contribution in [2.75, 3.05) is 0 Å². The fraction of sp³-hybridized carbons (Fsp3) is 0.125. The molecular weight excluding hydrogens is 381 g/mol. The lowest BCUT2D eigenvalue weighted by Crippen LogP contribution is -2.18. The molecule has 0 aliphatic heterocycles. The van der Waals surface area contributed by atoms with Gasteiger partial charge in [-0.15, -0.1) is 5.10 Å². The van der Waals surface area contributed by atoms with Crippen molar-refractivity contribution in [3.8, 4) is 17.3 Å². The Labute approximate surface area is 155 Å². The van der Waals surface area contributed by atoms with E-state index in [1.807, 2.05) is 0 Å². The number of ketones is 1. The molecule has 28 heavy (non-hydrogen) atoms. The molecule has 0 radical (unpaired) electrons. The van der Waals surface area contributed by atoms with E-state index in [1.54, 1.807) is 0 Å². The van der Waals surface area contributed by atoms with Crippen LogP contribution in [0, 0.1) is 0 Å². The average Bonchev–Trinajstić information content (AvgIpc) is 3.00. The third kappa shape index (κ3) is 3.79. The zero-order chi connectivity index (χ0) is 20.5. The Bertz CT molecular complexity index is 1030. The van der Waals surface area contributed by atoms with E-state index < -0.39 is 23.7 Å². The molecule has 0 atom stereocenters. The van der Waals surface area contributed by atoms with Crippen LogP contribution in [0.25, 0.3) is 11.4 Å². The van der Waals surface area contributed by atoms with Crippen molar-refractivity contribution < 1.29 is 27.5 Å². The summed E-state index contributed by atoms with van der Waals surface area (Å²) in [6, 6.07) is 4.57. The van der Waals surface area contributed by atoms with Gasteiger partial charge in [0.1, 0.15) is 5.69 Å². The summed E-state index contributed by atoms with van der Waals surface area (Å²) in [6.07, 6.45) is -3.60. The summed E-state index contributed by atoms with van der Waals surface area (Å²) in [5.41, 5.74) is 4.35. The molecule has 0 unspecified atom stereocenters. The van der Waals surface area contributed by atoms with Gasteiger partial charge in [-0.05, 0) is 24.3 Å². The second kappa shape index (κ2) is 7.06. The van der Waals surface area contributed by atoms with E-state index in [-0.39, 0.29) is 28.4 Å². The highest BCUT2D eigenvalue weighted by Gasteiger charge is 2.32. The summed E-state index contributed by atoms with van der Waals surface area (Å²) in [7, 11) is 1.48. The van der Waals surface area contributed by atoms with Gasteiger partial charge < -0.3 is 10.5 Å². The Morgan fingerprint density at radius 1 is 1.07 bits per heavy atom. The highest BCUT2D eigenvalue weighted by atomic mass is 19.4. The Morgan fingerprint density at radius 2 is 1.71 bits per heavy atom. The van der Waals surface area contributed by atoms with E-state index >= 15 is 0 Å². The van der Waals surface area contributed by atoms with Gasteiger partial charge in [0.15, 0.2) is 11.5 Å². The minimum atomic E-state index is -4.59. The highest BCUT2D eigenvalue weighted by Crippen LogP contribution is 2.28. The van der Waals surface area contributed by atoms with E-state index in [2.05, 4.69) is 20.3 Å². The fourth-order valence-electron chi connectivity index (χ4n) is 2.25. The first-order valence-electron chi connectivity index (χ1n) is 7.58. The number of nitrogens with two attached hydrogens (primary N) is 1. The summed E-state index contributed by atoms with van der Waals surface area (Å²) in [6.45, 7) is 0. The Balaban J connectivity index is 1.85. The zero-order valence-corrected chi connectivity index (χ0v) is 14.1. The third-order valence-corrected chi connectivity index (χ3v) is 3.56. The number of aryl methyl sites for hydroxylation is 1. The molecule has 3 aromatic heterocycles. The van der Waals surface area contributed by atoms with Crippen molar-refractivity contribution in [2.24, 2.45) is 12.8 Å². The first-order chi connectivity index (χ1) is 13.2. The first kappa shape index (κ1) is 18.9. The molecule has 0 aliphatic carbocycles. The van der Waals surface area contributed by atoms with Gasteiger partial charge in [0, 0.05) is 30.6 Å². The molecule has 0 aliphatic rings. The number of nitrogens with zero attached hydrogens (tertiary/aromatic N) is 5. The van der Waals surface area contributed by atoms with Crippen LogP contribution in [-0.4, -0.2) is 36.8 Å². The number of amides is 1. The SMILES string of the molecule is Cn1nnc(-c2ccc(C(=O)c3ccc(C(F)(F)F)nc3)cn2)c1OC(N)=O. The molecule has 9 nitrogen and oxygen atoms in total. The van der Waals surface area contributed by atoms with Gasteiger partial charge in [0.2, 0.25) is 0 Å². The maximum Gasteiger partial charge on any atom is 0.433 e. The lowest BCUT2D eigenvalue weighted by molar-refractivity contribution is -0.141. The van der Waals surface area contributed by atoms with Gasteiger partial charge in [-0.25, -0.2) is 9.48 Å². The summed E-state index contributed by atoms with van der Waals surface area (Å²) in [5.74, 6) is -0.598. The number of halogens is 3. The number of ether oxygens (including phenoxy) is 1. The summed E-state index contributed by atoms with van der Waals surface area (Å²) in [4.78, 5) is 30.7. The lowest BCUT2D eigenvalue weighted by atomic mass is 10.1. The van der Waals surface area contributed by atoms with E-state index in [4.69, 9.17) is 10.5 Å². The van der Waals surface area contributed by atoms with Crippen LogP contribution in [0.3, 0.4) is 0 Å². The average molecular weight is 392 g/mol. The predicted molar refractivity (Wildman–Crippen MR) is 87.1 cm³/mol. The van der Waals surface area contributed by atoms with E-state index in [0.29, 0.717) is 0 Å². The maximum absolute atomic E-state index is 12.6. The van der Waals surface area contributed by atoms with Crippen LogP contribution in [0.15, 0.2) is 36.7 Å². The molecule has 0 saturated carbocycles. The number of primary amides is 1. The minimum absolute atomic E-state index is 0.0280. The second-order valence-corrected chi connectivity index (χ2v) is 5.48. The molecule has 0 bridgehead atoms. The number of alkyl halides is 3. The molecule has 0 spiro atoms. The molecule has 3 aromatic rings. The quantitative estimate of drug-likeness (QED) is 0.673. The van der Waals surface area contributed by atoms with Crippen LogP contribution in [0.1, 0.15) is 21.6 Å². The van der Waals surface area contributed by atoms with Crippen LogP contribution in [0.5, 0.6) is 5.88 Å². The first-order valence-corrected chi connectivity index (χ1v) is 7.58. The molecule has 1 amide bonds. The van der Waals surface area contributed by atoms with Crippen molar-refractivity contribution in [3.05, 3.63) is 53.5 Å². The molecule has 0 aromatic carbocycles. The number of carbonyl (C=O) groups is 2. The maximum atomic E-state index is 12.6. The second-order valence-electron chi connectivity index (χ2n) is 5.48. The topological polar surface area (TPSA) is 126 Å². The Hall–Kier alpha value is -3.83. The van der Waals surface area contributed by atoms with Crippen LogP contribution in [0.4, 0.5) is 18.0 Å². The summed E-state index contributed by atoms with van der Waals surface area (Å²) >= 11 is 0. The molecule has 3 heterocycles. The number of aromatic nitrogens is 5. The molecule has 12 heteroatoms. The van der Waals surface area contributed by atoms with Gasteiger partial charge in [-0.1, -0.05) is 5.21 Å². The number of carbonyl (C=O) groups excluding carboxylic acids is 2. The van der Waals surface area contributed by atoms with Crippen molar-refractivity contribution in [1.82, 2.24) is 25.0 Å². The van der Waals surface area contributed by atoms with E-state index in [0.717, 1.165) is 18.3 Å². The third-order valence-electron chi connectivity index (χ3n) is 3.56. The van der Waals surface area contributed by atoms with Crippen molar-refractivity contribution in [1.29, 1.82) is 0 Å². The molecule has 144 valence electrons. The summed E-state index contributed by atoms with van der Waals surface area (Å²) in [5, 5.41) is 7.53. The monoisotopic (exact) mass is 392 g/mol. The molecule has 2 N–H and O–H groups in total.